The van der Waals surface area contributed by atoms with Gasteiger partial charge in [-0.25, -0.2) is 0 Å². The van der Waals surface area contributed by atoms with Crippen molar-refractivity contribution in [3.8, 4) is 0 Å². The van der Waals surface area contributed by atoms with Gasteiger partial charge < -0.3 is 10.4 Å². The zero-order valence-electron chi connectivity index (χ0n) is 8.33. The molecule has 0 aromatic heterocycles. The molecule has 0 fully saturated rings. The Bertz CT molecular complexity index is 191. The van der Waals surface area contributed by atoms with E-state index in [-0.39, 0.29) is 23.7 Å². The number of hydrogen-bond acceptors (Lipinski definition) is 3. The van der Waals surface area contributed by atoms with Gasteiger partial charge in [0.1, 0.15) is 6.61 Å². The van der Waals surface area contributed by atoms with Gasteiger partial charge in [0.05, 0.1) is 0 Å². The van der Waals surface area contributed by atoms with Gasteiger partial charge in [-0.05, 0) is 13.3 Å². The SMILES string of the molecule is CC[C@@H](C(=O)CO)[C@@H](C)NC(C)=O. The molecule has 0 aliphatic carbocycles. The zero-order valence-corrected chi connectivity index (χ0v) is 8.33. The molecule has 0 unspecified atom stereocenters. The van der Waals surface area contributed by atoms with E-state index in [4.69, 9.17) is 5.11 Å². The molecule has 0 saturated carbocycles. The summed E-state index contributed by atoms with van der Waals surface area (Å²) in [7, 11) is 0. The first kappa shape index (κ1) is 12.1. The molecule has 0 bridgehead atoms. The monoisotopic (exact) mass is 187 g/mol. The zero-order chi connectivity index (χ0) is 10.4. The number of carbonyl (C=O) groups excluding carboxylic acids is 2. The summed E-state index contributed by atoms with van der Waals surface area (Å²) in [6, 6.07) is -0.206. The maximum absolute atomic E-state index is 11.2. The summed E-state index contributed by atoms with van der Waals surface area (Å²) >= 11 is 0. The average Bonchev–Trinajstić information content (AvgIpc) is 2.03. The highest BCUT2D eigenvalue weighted by molar-refractivity contribution is 5.83. The van der Waals surface area contributed by atoms with Crippen molar-refractivity contribution in [2.45, 2.75) is 33.2 Å². The van der Waals surface area contributed by atoms with Crippen molar-refractivity contribution in [2.24, 2.45) is 5.92 Å². The number of aliphatic hydroxyl groups is 1. The van der Waals surface area contributed by atoms with E-state index in [9.17, 15) is 9.59 Å². The van der Waals surface area contributed by atoms with E-state index in [1.165, 1.54) is 6.92 Å². The number of rotatable bonds is 5. The third-order valence-corrected chi connectivity index (χ3v) is 2.04. The summed E-state index contributed by atoms with van der Waals surface area (Å²) in [4.78, 5) is 21.9. The normalized spacial score (nSPS) is 14.8. The minimum atomic E-state index is -0.456. The minimum Gasteiger partial charge on any atom is -0.389 e. The molecule has 1 amide bonds. The molecule has 76 valence electrons. The first-order chi connectivity index (χ1) is 6.02. The molecule has 2 N–H and O–H groups in total. The number of hydrogen-bond donors (Lipinski definition) is 2. The number of amides is 1. The van der Waals surface area contributed by atoms with Crippen molar-refractivity contribution < 1.29 is 14.7 Å². The largest absolute Gasteiger partial charge is 0.389 e. The van der Waals surface area contributed by atoms with Crippen LogP contribution in [0, 0.1) is 5.92 Å². The second-order valence-corrected chi connectivity index (χ2v) is 3.13. The molecular formula is C9H17NO3. The molecule has 0 heterocycles. The third-order valence-electron chi connectivity index (χ3n) is 2.04. The fourth-order valence-electron chi connectivity index (χ4n) is 1.40. The van der Waals surface area contributed by atoms with Crippen molar-refractivity contribution >= 4 is 11.7 Å². The van der Waals surface area contributed by atoms with Crippen LogP contribution in [0.5, 0.6) is 0 Å². The molecule has 4 nitrogen and oxygen atoms in total. The molecular weight excluding hydrogens is 170 g/mol. The Morgan fingerprint density at radius 2 is 2.00 bits per heavy atom. The van der Waals surface area contributed by atoms with Crippen LogP contribution in [0.2, 0.25) is 0 Å². The topological polar surface area (TPSA) is 66.4 Å². The van der Waals surface area contributed by atoms with Crippen molar-refractivity contribution in [3.63, 3.8) is 0 Å². The van der Waals surface area contributed by atoms with E-state index in [1.807, 2.05) is 6.92 Å². The van der Waals surface area contributed by atoms with Crippen molar-refractivity contribution in [3.05, 3.63) is 0 Å². The van der Waals surface area contributed by atoms with Crippen LogP contribution >= 0.6 is 0 Å². The van der Waals surface area contributed by atoms with Gasteiger partial charge in [-0.2, -0.15) is 0 Å². The maximum Gasteiger partial charge on any atom is 0.217 e. The fourth-order valence-corrected chi connectivity index (χ4v) is 1.40. The lowest BCUT2D eigenvalue weighted by Crippen LogP contribution is -2.40. The van der Waals surface area contributed by atoms with Gasteiger partial charge in [0.15, 0.2) is 5.78 Å². The van der Waals surface area contributed by atoms with Crippen LogP contribution < -0.4 is 5.32 Å². The van der Waals surface area contributed by atoms with Gasteiger partial charge in [-0.15, -0.1) is 0 Å². The van der Waals surface area contributed by atoms with Gasteiger partial charge in [0.2, 0.25) is 5.91 Å². The van der Waals surface area contributed by atoms with Crippen molar-refractivity contribution in [1.29, 1.82) is 0 Å². The van der Waals surface area contributed by atoms with Gasteiger partial charge in [-0.3, -0.25) is 9.59 Å². The molecule has 0 aliphatic heterocycles. The second kappa shape index (κ2) is 5.70. The second-order valence-electron chi connectivity index (χ2n) is 3.13. The molecule has 0 radical (unpaired) electrons. The highest BCUT2D eigenvalue weighted by Gasteiger charge is 2.22. The lowest BCUT2D eigenvalue weighted by atomic mass is 9.94. The smallest absolute Gasteiger partial charge is 0.217 e. The van der Waals surface area contributed by atoms with Crippen molar-refractivity contribution in [1.82, 2.24) is 5.32 Å². The molecule has 0 rings (SSSR count). The quantitative estimate of drug-likeness (QED) is 0.641. The van der Waals surface area contributed by atoms with Gasteiger partial charge in [0.25, 0.3) is 0 Å². The highest BCUT2D eigenvalue weighted by Crippen LogP contribution is 2.09. The average molecular weight is 187 g/mol. The summed E-state index contributed by atoms with van der Waals surface area (Å²) in [6.07, 6.45) is 0.626. The molecule has 0 saturated heterocycles. The Kier molecular flexibility index (Phi) is 5.30. The summed E-state index contributed by atoms with van der Waals surface area (Å²) in [6.45, 7) is 4.58. The third kappa shape index (κ3) is 4.03. The predicted molar refractivity (Wildman–Crippen MR) is 49.2 cm³/mol. The Hall–Kier alpha value is -0.900. The Morgan fingerprint density at radius 3 is 2.31 bits per heavy atom. The number of aliphatic hydroxyl groups excluding tert-OH is 1. The van der Waals surface area contributed by atoms with Crippen LogP contribution in [0.4, 0.5) is 0 Å². The molecule has 4 heteroatoms. The molecule has 0 aromatic carbocycles. The van der Waals surface area contributed by atoms with Gasteiger partial charge in [-0.1, -0.05) is 6.92 Å². The summed E-state index contributed by atoms with van der Waals surface area (Å²) in [5.41, 5.74) is 0. The van der Waals surface area contributed by atoms with Crippen LogP contribution in [-0.2, 0) is 9.59 Å². The molecule has 0 aromatic rings. The number of carbonyl (C=O) groups is 2. The first-order valence-corrected chi connectivity index (χ1v) is 4.43. The van der Waals surface area contributed by atoms with Gasteiger partial charge >= 0.3 is 0 Å². The standard InChI is InChI=1S/C9H17NO3/c1-4-8(9(13)5-11)6(2)10-7(3)12/h6,8,11H,4-5H2,1-3H3,(H,10,12)/t6-,8-/m1/s1. The molecule has 0 spiro atoms. The van der Waals surface area contributed by atoms with Crippen LogP contribution in [0.3, 0.4) is 0 Å². The van der Waals surface area contributed by atoms with Gasteiger partial charge in [0, 0.05) is 18.9 Å². The van der Waals surface area contributed by atoms with E-state index in [2.05, 4.69) is 5.32 Å². The van der Waals surface area contributed by atoms with E-state index < -0.39 is 6.61 Å². The lowest BCUT2D eigenvalue weighted by Gasteiger charge is -2.21. The van der Waals surface area contributed by atoms with Crippen LogP contribution in [0.15, 0.2) is 0 Å². The summed E-state index contributed by atoms with van der Waals surface area (Å²) < 4.78 is 0. The van der Waals surface area contributed by atoms with Crippen LogP contribution in [0.1, 0.15) is 27.2 Å². The Balaban J connectivity index is 4.22. The van der Waals surface area contributed by atoms with E-state index in [0.717, 1.165) is 0 Å². The highest BCUT2D eigenvalue weighted by atomic mass is 16.3. The molecule has 13 heavy (non-hydrogen) atoms. The van der Waals surface area contributed by atoms with Crippen molar-refractivity contribution in [2.75, 3.05) is 6.61 Å². The Morgan fingerprint density at radius 1 is 1.46 bits per heavy atom. The van der Waals surface area contributed by atoms with Crippen LogP contribution in [-0.4, -0.2) is 29.4 Å². The van der Waals surface area contributed by atoms with E-state index in [1.54, 1.807) is 6.92 Å². The number of Topliss-reactive ketones (excluding diaryl/α,β-unsaturated/α-hetero) is 1. The Labute approximate surface area is 78.3 Å². The van der Waals surface area contributed by atoms with Crippen LogP contribution in [0.25, 0.3) is 0 Å². The van der Waals surface area contributed by atoms with E-state index in [0.29, 0.717) is 6.42 Å². The first-order valence-electron chi connectivity index (χ1n) is 4.43. The fraction of sp³-hybridized carbons (Fsp3) is 0.778. The lowest BCUT2D eigenvalue weighted by molar-refractivity contribution is -0.127. The predicted octanol–water partition coefficient (Wildman–Crippen LogP) is 0.0986. The van der Waals surface area contributed by atoms with E-state index >= 15 is 0 Å². The molecule has 0 aliphatic rings. The molecule has 2 atom stereocenters. The number of nitrogens with one attached hydrogen (secondary N) is 1. The summed E-state index contributed by atoms with van der Waals surface area (Å²) in [5.74, 6) is -0.658. The minimum absolute atomic E-state index is 0.156. The maximum atomic E-state index is 11.2. The summed E-state index contributed by atoms with van der Waals surface area (Å²) in [5, 5.41) is 11.3. The number of ketones is 1.